The van der Waals surface area contributed by atoms with Gasteiger partial charge in [0.05, 0.1) is 12.1 Å². The first-order valence-corrected chi connectivity index (χ1v) is 4.03. The fourth-order valence-electron chi connectivity index (χ4n) is 1.00. The minimum atomic E-state index is -0.574. The third kappa shape index (κ3) is 1.68. The molecule has 0 saturated carbocycles. The van der Waals surface area contributed by atoms with E-state index >= 15 is 0 Å². The highest BCUT2D eigenvalue weighted by atomic mass is 16.3. The highest BCUT2D eigenvalue weighted by Crippen LogP contribution is 2.20. The number of aryl methyl sites for hydroxylation is 2. The summed E-state index contributed by atoms with van der Waals surface area (Å²) in [4.78, 5) is 0. The second kappa shape index (κ2) is 3.29. The van der Waals surface area contributed by atoms with Crippen molar-refractivity contribution in [2.75, 3.05) is 0 Å². The Labute approximate surface area is 72.2 Å². The Morgan fingerprint density at radius 1 is 1.50 bits per heavy atom. The van der Waals surface area contributed by atoms with Crippen LogP contribution in [0.3, 0.4) is 0 Å². The predicted molar refractivity (Wildman–Crippen MR) is 46.8 cm³/mol. The van der Waals surface area contributed by atoms with E-state index in [0.29, 0.717) is 5.76 Å². The molecule has 0 aliphatic carbocycles. The minimum Gasteiger partial charge on any atom is -0.464 e. The van der Waals surface area contributed by atoms with Gasteiger partial charge in [-0.15, -0.1) is 0 Å². The molecule has 0 saturated heterocycles. The van der Waals surface area contributed by atoms with Gasteiger partial charge >= 0.3 is 0 Å². The van der Waals surface area contributed by atoms with Crippen LogP contribution in [0.5, 0.6) is 0 Å². The van der Waals surface area contributed by atoms with Gasteiger partial charge in [0, 0.05) is 0 Å². The van der Waals surface area contributed by atoms with Crippen molar-refractivity contribution < 1.29 is 9.52 Å². The normalized spacial score (nSPS) is 16.1. The lowest BCUT2D eigenvalue weighted by Gasteiger charge is -2.10. The van der Waals surface area contributed by atoms with E-state index in [4.69, 9.17) is 10.2 Å². The van der Waals surface area contributed by atoms with Gasteiger partial charge in [0.15, 0.2) is 0 Å². The summed E-state index contributed by atoms with van der Waals surface area (Å²) < 4.78 is 5.35. The molecule has 3 nitrogen and oxygen atoms in total. The summed E-state index contributed by atoms with van der Waals surface area (Å²) in [5.41, 5.74) is 6.75. The van der Waals surface area contributed by atoms with Crippen molar-refractivity contribution in [3.63, 3.8) is 0 Å². The topological polar surface area (TPSA) is 59.4 Å². The summed E-state index contributed by atoms with van der Waals surface area (Å²) in [7, 11) is 0. The summed E-state index contributed by atoms with van der Waals surface area (Å²) in [6.07, 6.45) is -0.574. The number of rotatable bonds is 2. The average molecular weight is 169 g/mol. The fraction of sp³-hybridized carbons (Fsp3) is 0.556. The lowest BCUT2D eigenvalue weighted by atomic mass is 10.1. The van der Waals surface area contributed by atoms with Crippen LogP contribution in [0.25, 0.3) is 0 Å². The molecule has 1 aromatic heterocycles. The van der Waals surface area contributed by atoms with Crippen LogP contribution in [0.15, 0.2) is 10.5 Å². The lowest BCUT2D eigenvalue weighted by Crippen LogP contribution is -2.22. The second-order valence-electron chi connectivity index (χ2n) is 3.15. The van der Waals surface area contributed by atoms with E-state index in [1.54, 1.807) is 6.92 Å². The highest BCUT2D eigenvalue weighted by Gasteiger charge is 2.16. The minimum absolute atomic E-state index is 0.419. The molecule has 68 valence electrons. The molecule has 1 aromatic rings. The van der Waals surface area contributed by atoms with E-state index in [9.17, 15) is 5.11 Å². The first kappa shape index (κ1) is 9.29. The molecular formula is C9H15NO2. The summed E-state index contributed by atoms with van der Waals surface area (Å²) in [6.45, 7) is 5.49. The summed E-state index contributed by atoms with van der Waals surface area (Å²) in [6, 6.07) is 1.45. The van der Waals surface area contributed by atoms with Gasteiger partial charge < -0.3 is 15.3 Å². The Hall–Kier alpha value is -0.800. The molecule has 0 aromatic carbocycles. The smallest absolute Gasteiger partial charge is 0.123 e. The number of aliphatic hydroxyl groups is 1. The molecule has 2 atom stereocenters. The number of nitrogens with two attached hydrogens (primary N) is 1. The van der Waals surface area contributed by atoms with Crippen LogP contribution in [-0.4, -0.2) is 11.2 Å². The fourth-order valence-corrected chi connectivity index (χ4v) is 1.00. The van der Waals surface area contributed by atoms with Crippen molar-refractivity contribution in [1.82, 2.24) is 0 Å². The molecule has 12 heavy (non-hydrogen) atoms. The van der Waals surface area contributed by atoms with Crippen LogP contribution in [-0.2, 0) is 0 Å². The van der Waals surface area contributed by atoms with E-state index in [0.717, 1.165) is 11.3 Å². The third-order valence-corrected chi connectivity index (χ3v) is 2.03. The Morgan fingerprint density at radius 2 is 2.08 bits per heavy atom. The standard InChI is InChI=1S/C9H15NO2/c1-5-4-8(12-7(5)3)9(10)6(2)11/h4,6,9,11H,10H2,1-3H3/t6-,9+/m1/s1. The second-order valence-corrected chi connectivity index (χ2v) is 3.15. The van der Waals surface area contributed by atoms with Crippen molar-refractivity contribution in [2.45, 2.75) is 32.9 Å². The SMILES string of the molecule is Cc1cc([C@@H](N)[C@@H](C)O)oc1C. The quantitative estimate of drug-likeness (QED) is 0.701. The monoisotopic (exact) mass is 169 g/mol. The van der Waals surface area contributed by atoms with Crippen molar-refractivity contribution in [3.8, 4) is 0 Å². The van der Waals surface area contributed by atoms with Gasteiger partial charge in [-0.05, 0) is 32.4 Å². The van der Waals surface area contributed by atoms with Crippen molar-refractivity contribution in [2.24, 2.45) is 5.73 Å². The molecule has 1 heterocycles. The first-order valence-electron chi connectivity index (χ1n) is 4.03. The van der Waals surface area contributed by atoms with Crippen LogP contribution in [0.1, 0.15) is 30.0 Å². The maximum absolute atomic E-state index is 9.19. The maximum atomic E-state index is 9.19. The zero-order chi connectivity index (χ0) is 9.30. The number of furan rings is 1. The van der Waals surface area contributed by atoms with Crippen LogP contribution in [0.2, 0.25) is 0 Å². The van der Waals surface area contributed by atoms with Crippen molar-refractivity contribution >= 4 is 0 Å². The predicted octanol–water partition coefficient (Wildman–Crippen LogP) is 1.28. The lowest BCUT2D eigenvalue weighted by molar-refractivity contribution is 0.153. The van der Waals surface area contributed by atoms with E-state index in [2.05, 4.69) is 0 Å². The van der Waals surface area contributed by atoms with Gasteiger partial charge in [0.2, 0.25) is 0 Å². The molecule has 0 bridgehead atoms. The Morgan fingerprint density at radius 3 is 2.42 bits per heavy atom. The molecule has 3 N–H and O–H groups in total. The molecule has 3 heteroatoms. The van der Waals surface area contributed by atoms with Gasteiger partial charge in [-0.1, -0.05) is 0 Å². The van der Waals surface area contributed by atoms with Crippen LogP contribution in [0.4, 0.5) is 0 Å². The molecular weight excluding hydrogens is 154 g/mol. The Kier molecular flexibility index (Phi) is 2.55. The number of aliphatic hydroxyl groups excluding tert-OH is 1. The van der Waals surface area contributed by atoms with Gasteiger partial charge in [-0.2, -0.15) is 0 Å². The Balaban J connectivity index is 2.89. The summed E-state index contributed by atoms with van der Waals surface area (Å²) in [5.74, 6) is 1.51. The Bertz CT molecular complexity index is 246. The molecule has 0 aliphatic heterocycles. The van der Waals surface area contributed by atoms with Crippen molar-refractivity contribution in [3.05, 3.63) is 23.2 Å². The summed E-state index contributed by atoms with van der Waals surface area (Å²) >= 11 is 0. The van der Waals surface area contributed by atoms with Crippen LogP contribution < -0.4 is 5.73 Å². The molecule has 0 aliphatic rings. The van der Waals surface area contributed by atoms with Gasteiger partial charge in [0.1, 0.15) is 11.5 Å². The highest BCUT2D eigenvalue weighted by molar-refractivity contribution is 5.21. The number of hydrogen-bond donors (Lipinski definition) is 2. The zero-order valence-electron chi connectivity index (χ0n) is 7.66. The summed E-state index contributed by atoms with van der Waals surface area (Å²) in [5, 5.41) is 9.19. The molecule has 1 rings (SSSR count). The van der Waals surface area contributed by atoms with Crippen LogP contribution in [0, 0.1) is 13.8 Å². The zero-order valence-corrected chi connectivity index (χ0v) is 7.66. The van der Waals surface area contributed by atoms with Crippen LogP contribution >= 0.6 is 0 Å². The first-order chi connectivity index (χ1) is 5.52. The van der Waals surface area contributed by atoms with E-state index in [1.807, 2.05) is 19.9 Å². The van der Waals surface area contributed by atoms with Gasteiger partial charge in [-0.3, -0.25) is 0 Å². The van der Waals surface area contributed by atoms with Gasteiger partial charge in [0.25, 0.3) is 0 Å². The number of hydrogen-bond acceptors (Lipinski definition) is 3. The molecule has 0 radical (unpaired) electrons. The molecule has 0 amide bonds. The third-order valence-electron chi connectivity index (χ3n) is 2.03. The van der Waals surface area contributed by atoms with E-state index in [1.165, 1.54) is 0 Å². The largest absolute Gasteiger partial charge is 0.464 e. The van der Waals surface area contributed by atoms with Crippen molar-refractivity contribution in [1.29, 1.82) is 0 Å². The molecule has 0 spiro atoms. The molecule has 0 fully saturated rings. The van der Waals surface area contributed by atoms with Gasteiger partial charge in [-0.25, -0.2) is 0 Å². The average Bonchev–Trinajstić information content (AvgIpc) is 2.30. The maximum Gasteiger partial charge on any atom is 0.123 e. The molecule has 0 unspecified atom stereocenters. The van der Waals surface area contributed by atoms with E-state index in [-0.39, 0.29) is 0 Å². The van der Waals surface area contributed by atoms with E-state index < -0.39 is 12.1 Å².